The number of aromatic nitrogens is 3. The number of anilines is 3. The number of nitrogens with one attached hydrogen (secondary N) is 1. The Hall–Kier alpha value is -3.21. The molecule has 1 aromatic carbocycles. The maximum absolute atomic E-state index is 6.31. The number of pyridine rings is 1. The van der Waals surface area contributed by atoms with Crippen LogP contribution in [0.25, 0.3) is 22.2 Å². The van der Waals surface area contributed by atoms with Gasteiger partial charge in [-0.2, -0.15) is 0 Å². The largest absolute Gasteiger partial charge is 0.495 e. The lowest BCUT2D eigenvalue weighted by atomic mass is 10.00. The third-order valence-electron chi connectivity index (χ3n) is 9.07. The molecule has 41 heavy (non-hydrogen) atoms. The molecule has 5 heterocycles. The summed E-state index contributed by atoms with van der Waals surface area (Å²) in [6.45, 7) is 13.8. The highest BCUT2D eigenvalue weighted by molar-refractivity contribution is 5.97. The molecule has 2 aromatic heterocycles. The first-order chi connectivity index (χ1) is 20.1. The van der Waals surface area contributed by atoms with E-state index < -0.39 is 0 Å². The predicted molar refractivity (Wildman–Crippen MR) is 165 cm³/mol. The van der Waals surface area contributed by atoms with E-state index in [9.17, 15) is 0 Å². The number of rotatable bonds is 8. The number of fused-ring (bicyclic) bond motifs is 1. The lowest BCUT2D eigenvalue weighted by Gasteiger charge is -2.43. The summed E-state index contributed by atoms with van der Waals surface area (Å²) in [5.41, 5.74) is 11.6. The molecule has 3 fully saturated rings. The van der Waals surface area contributed by atoms with Crippen molar-refractivity contribution in [2.45, 2.75) is 51.6 Å². The number of nitrogens with zero attached hydrogens (tertiary/aromatic N) is 6. The van der Waals surface area contributed by atoms with E-state index in [2.05, 4.69) is 57.0 Å². The summed E-state index contributed by atoms with van der Waals surface area (Å²) in [6.07, 6.45) is 5.87. The van der Waals surface area contributed by atoms with Gasteiger partial charge in [0, 0.05) is 63.7 Å². The summed E-state index contributed by atoms with van der Waals surface area (Å²) in [7, 11) is 1.75. The van der Waals surface area contributed by atoms with Crippen molar-refractivity contribution in [1.29, 1.82) is 0 Å². The van der Waals surface area contributed by atoms with E-state index in [4.69, 9.17) is 25.2 Å². The van der Waals surface area contributed by atoms with Gasteiger partial charge < -0.3 is 30.3 Å². The molecule has 3 N–H and O–H groups in total. The van der Waals surface area contributed by atoms with Gasteiger partial charge in [0.1, 0.15) is 22.6 Å². The van der Waals surface area contributed by atoms with Gasteiger partial charge in [0.15, 0.2) is 5.82 Å². The highest BCUT2D eigenvalue weighted by Crippen LogP contribution is 2.38. The highest BCUT2D eigenvalue weighted by Gasteiger charge is 2.28. The fourth-order valence-corrected chi connectivity index (χ4v) is 6.53. The molecular weight excluding hydrogens is 516 g/mol. The van der Waals surface area contributed by atoms with Crippen molar-refractivity contribution in [3.05, 3.63) is 30.1 Å². The Labute approximate surface area is 243 Å². The Bertz CT molecular complexity index is 1350. The molecule has 3 aromatic rings. The molecule has 0 radical (unpaired) electrons. The van der Waals surface area contributed by atoms with Crippen LogP contribution in [0.15, 0.2) is 24.4 Å². The van der Waals surface area contributed by atoms with Crippen LogP contribution in [0.2, 0.25) is 0 Å². The number of nitrogen functional groups attached to an aromatic ring is 1. The highest BCUT2D eigenvalue weighted by atomic mass is 16.5. The van der Waals surface area contributed by atoms with E-state index in [1.165, 1.54) is 39.0 Å². The number of hydrogen-bond acceptors (Lipinski definition) is 10. The van der Waals surface area contributed by atoms with Crippen LogP contribution in [0.3, 0.4) is 0 Å². The molecular formula is C31H44N8O2. The smallest absolute Gasteiger partial charge is 0.151 e. The number of ether oxygens (including phenoxy) is 2. The fourth-order valence-electron chi connectivity index (χ4n) is 6.53. The van der Waals surface area contributed by atoms with Crippen molar-refractivity contribution in [2.24, 2.45) is 0 Å². The maximum atomic E-state index is 6.31. The minimum Gasteiger partial charge on any atom is -0.495 e. The lowest BCUT2D eigenvalue weighted by molar-refractivity contribution is 0.0878. The topological polar surface area (TPSA) is 105 Å². The number of piperazine rings is 1. The van der Waals surface area contributed by atoms with Crippen LogP contribution >= 0.6 is 0 Å². The summed E-state index contributed by atoms with van der Waals surface area (Å²) in [5, 5.41) is 3.56. The number of aryl methyl sites for hydroxylation is 1. The summed E-state index contributed by atoms with van der Waals surface area (Å²) in [4.78, 5) is 22.2. The molecule has 0 aliphatic carbocycles. The Morgan fingerprint density at radius 1 is 1.02 bits per heavy atom. The van der Waals surface area contributed by atoms with Crippen molar-refractivity contribution in [2.75, 3.05) is 82.1 Å². The van der Waals surface area contributed by atoms with Gasteiger partial charge in [-0.1, -0.05) is 19.9 Å². The molecule has 0 saturated carbocycles. The van der Waals surface area contributed by atoms with E-state index >= 15 is 0 Å². The number of benzene rings is 1. The number of likely N-dealkylation sites (N-methyl/N-ethyl adjacent to an activating group) is 1. The van der Waals surface area contributed by atoms with E-state index in [1.54, 1.807) is 13.3 Å². The van der Waals surface area contributed by atoms with Crippen molar-refractivity contribution >= 4 is 28.4 Å². The monoisotopic (exact) mass is 560 g/mol. The van der Waals surface area contributed by atoms with E-state index in [-0.39, 0.29) is 6.04 Å². The number of piperidine rings is 1. The fraction of sp³-hybridized carbons (Fsp3) is 0.581. The molecule has 0 bridgehead atoms. The number of nitrogens with two attached hydrogens (primary N) is 1. The molecule has 220 valence electrons. The van der Waals surface area contributed by atoms with Gasteiger partial charge in [0.2, 0.25) is 0 Å². The van der Waals surface area contributed by atoms with Gasteiger partial charge >= 0.3 is 0 Å². The van der Waals surface area contributed by atoms with E-state index in [1.807, 2.05) is 0 Å². The molecule has 0 unspecified atom stereocenters. The van der Waals surface area contributed by atoms with Crippen LogP contribution < -0.4 is 20.7 Å². The normalized spacial score (nSPS) is 21.0. The molecule has 1 atom stereocenters. The minimum atomic E-state index is 0.235. The van der Waals surface area contributed by atoms with Crippen LogP contribution in [0, 0.1) is 0 Å². The number of methoxy groups -OCH3 is 1. The van der Waals surface area contributed by atoms with Crippen LogP contribution in [0.5, 0.6) is 5.75 Å². The molecule has 0 amide bonds. The van der Waals surface area contributed by atoms with E-state index in [0.717, 1.165) is 78.7 Å². The molecule has 3 aliphatic rings. The first-order valence-corrected chi connectivity index (χ1v) is 15.3. The van der Waals surface area contributed by atoms with Crippen LogP contribution in [0.4, 0.5) is 17.3 Å². The SMILES string of the molecule is CCc1nc2c(N)ncc(-c3ccc(N4CCC(N5CCN(CC)CC5)CC4)c(OC)c3)c2nc1N[C@H]1CCOC1. The zero-order chi connectivity index (χ0) is 28.3. The second kappa shape index (κ2) is 12.3. The standard InChI is InChI=1S/C31H44N8O2/c1-4-25-31(34-22-10-17-41-20-22)36-28-24(19-33-30(32)29(28)35-25)21-6-7-26(27(18-21)40-3)39-11-8-23(9-12-39)38-15-13-37(5-2)14-16-38/h6-7,18-19,22-23H,4-5,8-17,20H2,1-3H3,(H2,32,33)(H,34,36)/t22-/m0/s1. The lowest BCUT2D eigenvalue weighted by Crippen LogP contribution is -2.53. The van der Waals surface area contributed by atoms with Gasteiger partial charge in [-0.3, -0.25) is 4.90 Å². The predicted octanol–water partition coefficient (Wildman–Crippen LogP) is 3.65. The molecule has 0 spiro atoms. The van der Waals surface area contributed by atoms with Crippen molar-refractivity contribution < 1.29 is 9.47 Å². The van der Waals surface area contributed by atoms with Crippen LogP contribution in [-0.4, -0.2) is 103 Å². The second-order valence-corrected chi connectivity index (χ2v) is 11.4. The summed E-state index contributed by atoms with van der Waals surface area (Å²) >= 11 is 0. The van der Waals surface area contributed by atoms with Crippen LogP contribution in [0.1, 0.15) is 38.8 Å². The van der Waals surface area contributed by atoms with Crippen LogP contribution in [-0.2, 0) is 11.2 Å². The van der Waals surface area contributed by atoms with Gasteiger partial charge in [0.25, 0.3) is 0 Å². The first-order valence-electron chi connectivity index (χ1n) is 15.3. The Morgan fingerprint density at radius 2 is 1.83 bits per heavy atom. The average molecular weight is 561 g/mol. The van der Waals surface area contributed by atoms with Gasteiger partial charge in [-0.05, 0) is 49.9 Å². The average Bonchev–Trinajstić information content (AvgIpc) is 3.54. The Morgan fingerprint density at radius 3 is 2.51 bits per heavy atom. The van der Waals surface area contributed by atoms with Crippen molar-refractivity contribution in [1.82, 2.24) is 24.8 Å². The molecule has 3 aliphatic heterocycles. The van der Waals surface area contributed by atoms with Gasteiger partial charge in [-0.15, -0.1) is 0 Å². The maximum Gasteiger partial charge on any atom is 0.151 e. The summed E-state index contributed by atoms with van der Waals surface area (Å²) in [5.74, 6) is 2.05. The Kier molecular flexibility index (Phi) is 8.41. The zero-order valence-electron chi connectivity index (χ0n) is 24.7. The van der Waals surface area contributed by atoms with Gasteiger partial charge in [-0.25, -0.2) is 15.0 Å². The van der Waals surface area contributed by atoms with Gasteiger partial charge in [0.05, 0.1) is 31.1 Å². The third kappa shape index (κ3) is 5.78. The number of hydrogen-bond donors (Lipinski definition) is 2. The van der Waals surface area contributed by atoms with Crippen molar-refractivity contribution in [3.63, 3.8) is 0 Å². The third-order valence-corrected chi connectivity index (χ3v) is 9.07. The molecule has 3 saturated heterocycles. The summed E-state index contributed by atoms with van der Waals surface area (Å²) in [6, 6.07) is 7.34. The Balaban J connectivity index is 1.24. The second-order valence-electron chi connectivity index (χ2n) is 11.4. The zero-order valence-corrected chi connectivity index (χ0v) is 24.7. The molecule has 10 heteroatoms. The summed E-state index contributed by atoms with van der Waals surface area (Å²) < 4.78 is 11.5. The quantitative estimate of drug-likeness (QED) is 0.424. The minimum absolute atomic E-state index is 0.235. The first kappa shape index (κ1) is 27.9. The molecule has 6 rings (SSSR count). The molecule has 10 nitrogen and oxygen atoms in total. The van der Waals surface area contributed by atoms with Crippen molar-refractivity contribution in [3.8, 4) is 16.9 Å². The van der Waals surface area contributed by atoms with E-state index in [0.29, 0.717) is 24.0 Å².